The number of aromatic nitrogens is 1. The number of aromatic amines is 1. The van der Waals surface area contributed by atoms with Crippen LogP contribution in [0.4, 0.5) is 0 Å². The highest BCUT2D eigenvalue weighted by molar-refractivity contribution is 6.31. The van der Waals surface area contributed by atoms with Gasteiger partial charge < -0.3 is 15.2 Å². The largest absolute Gasteiger partial charge is 0.355 e. The summed E-state index contributed by atoms with van der Waals surface area (Å²) in [6.07, 6.45) is 5.55. The van der Waals surface area contributed by atoms with Gasteiger partial charge in [-0.3, -0.25) is 14.5 Å². The van der Waals surface area contributed by atoms with E-state index in [1.54, 1.807) is 0 Å². The monoisotopic (exact) mass is 458 g/mol. The molecular weight excluding hydrogens is 424 g/mol. The van der Waals surface area contributed by atoms with Gasteiger partial charge >= 0.3 is 0 Å². The van der Waals surface area contributed by atoms with E-state index in [-0.39, 0.29) is 17.7 Å². The summed E-state index contributed by atoms with van der Waals surface area (Å²) < 4.78 is 0. The quantitative estimate of drug-likeness (QED) is 0.678. The molecule has 6 nitrogen and oxygen atoms in total. The van der Waals surface area contributed by atoms with E-state index in [1.165, 1.54) is 19.3 Å². The minimum Gasteiger partial charge on any atom is -0.355 e. The Hall–Kier alpha value is -2.05. The molecule has 2 aliphatic heterocycles. The van der Waals surface area contributed by atoms with Crippen molar-refractivity contribution < 1.29 is 9.59 Å². The Bertz CT molecular complexity index is 951. The van der Waals surface area contributed by atoms with Crippen molar-refractivity contribution in [2.45, 2.75) is 52.0 Å². The first-order chi connectivity index (χ1) is 15.4. The van der Waals surface area contributed by atoms with Crippen LogP contribution in [-0.4, -0.2) is 65.4 Å². The second-order valence-electron chi connectivity index (χ2n) is 9.50. The summed E-state index contributed by atoms with van der Waals surface area (Å²) in [5.41, 5.74) is 1.51. The zero-order valence-corrected chi connectivity index (χ0v) is 20.0. The van der Waals surface area contributed by atoms with Crippen LogP contribution in [-0.2, 0) is 4.79 Å². The fourth-order valence-electron chi connectivity index (χ4n) is 5.18. The van der Waals surface area contributed by atoms with Gasteiger partial charge in [0, 0.05) is 54.1 Å². The second kappa shape index (κ2) is 10.3. The third kappa shape index (κ3) is 5.29. The summed E-state index contributed by atoms with van der Waals surface area (Å²) in [5.74, 6) is 0.450. The number of likely N-dealkylation sites (tertiary alicyclic amines) is 2. The molecule has 2 N–H and O–H groups in total. The highest BCUT2D eigenvalue weighted by atomic mass is 35.5. The SMILES string of the molecule is C[C@H](C(=O)NCCN1CCCC[C@H]1C)C1CCN(C(=O)c2cc3cc(Cl)ccc3[nH]2)CC1. The number of nitrogens with one attached hydrogen (secondary N) is 2. The summed E-state index contributed by atoms with van der Waals surface area (Å²) in [6.45, 7) is 8.47. The third-order valence-corrected chi connectivity index (χ3v) is 7.63. The van der Waals surface area contributed by atoms with Gasteiger partial charge in [0.1, 0.15) is 5.69 Å². The molecule has 0 bridgehead atoms. The zero-order chi connectivity index (χ0) is 22.7. The third-order valence-electron chi connectivity index (χ3n) is 7.40. The Morgan fingerprint density at radius 2 is 1.94 bits per heavy atom. The van der Waals surface area contributed by atoms with Gasteiger partial charge in [-0.15, -0.1) is 0 Å². The van der Waals surface area contributed by atoms with Crippen LogP contribution in [0.15, 0.2) is 24.3 Å². The van der Waals surface area contributed by atoms with Crippen molar-refractivity contribution in [3.63, 3.8) is 0 Å². The van der Waals surface area contributed by atoms with E-state index in [9.17, 15) is 9.59 Å². The van der Waals surface area contributed by atoms with Gasteiger partial charge in [0.05, 0.1) is 0 Å². The van der Waals surface area contributed by atoms with E-state index in [0.29, 0.717) is 35.8 Å². The summed E-state index contributed by atoms with van der Waals surface area (Å²) in [7, 11) is 0. The van der Waals surface area contributed by atoms with Gasteiger partial charge in [-0.05, 0) is 69.3 Å². The van der Waals surface area contributed by atoms with Crippen LogP contribution >= 0.6 is 11.6 Å². The molecule has 2 aliphatic rings. The maximum absolute atomic E-state index is 13.0. The number of fused-ring (bicyclic) bond motifs is 1. The molecule has 2 saturated heterocycles. The minimum absolute atomic E-state index is 0.0172. The molecule has 2 atom stereocenters. The minimum atomic E-state index is -0.0266. The van der Waals surface area contributed by atoms with Crippen LogP contribution in [0.5, 0.6) is 0 Å². The molecule has 3 heterocycles. The van der Waals surface area contributed by atoms with E-state index < -0.39 is 0 Å². The number of nitrogens with zero attached hydrogens (tertiary/aromatic N) is 2. The molecule has 0 radical (unpaired) electrons. The number of benzene rings is 1. The van der Waals surface area contributed by atoms with Gasteiger partial charge in [-0.25, -0.2) is 0 Å². The van der Waals surface area contributed by atoms with Crippen molar-refractivity contribution in [3.8, 4) is 0 Å². The summed E-state index contributed by atoms with van der Waals surface area (Å²) >= 11 is 6.06. The lowest BCUT2D eigenvalue weighted by atomic mass is 9.84. The molecule has 32 heavy (non-hydrogen) atoms. The molecule has 0 spiro atoms. The van der Waals surface area contributed by atoms with Gasteiger partial charge in [0.25, 0.3) is 5.91 Å². The Labute approximate surface area is 195 Å². The molecule has 2 aromatic rings. The Morgan fingerprint density at radius 3 is 2.69 bits per heavy atom. The molecular formula is C25H35ClN4O2. The van der Waals surface area contributed by atoms with Gasteiger partial charge in [0.2, 0.25) is 5.91 Å². The van der Waals surface area contributed by atoms with Crippen molar-refractivity contribution in [2.75, 3.05) is 32.7 Å². The molecule has 7 heteroatoms. The van der Waals surface area contributed by atoms with E-state index in [4.69, 9.17) is 11.6 Å². The van der Waals surface area contributed by atoms with Crippen LogP contribution in [0.2, 0.25) is 5.02 Å². The van der Waals surface area contributed by atoms with Crippen LogP contribution in [0.1, 0.15) is 56.4 Å². The number of halogens is 1. The number of H-pyrrole nitrogens is 1. The highest BCUT2D eigenvalue weighted by Gasteiger charge is 2.30. The smallest absolute Gasteiger partial charge is 0.270 e. The van der Waals surface area contributed by atoms with Crippen molar-refractivity contribution in [2.24, 2.45) is 11.8 Å². The number of rotatable bonds is 6. The predicted molar refractivity (Wildman–Crippen MR) is 129 cm³/mol. The number of hydrogen-bond acceptors (Lipinski definition) is 3. The topological polar surface area (TPSA) is 68.4 Å². The maximum atomic E-state index is 13.0. The second-order valence-corrected chi connectivity index (χ2v) is 9.94. The van der Waals surface area contributed by atoms with Gasteiger partial charge in [-0.2, -0.15) is 0 Å². The maximum Gasteiger partial charge on any atom is 0.270 e. The number of hydrogen-bond donors (Lipinski definition) is 2. The number of amides is 2. The fourth-order valence-corrected chi connectivity index (χ4v) is 5.36. The summed E-state index contributed by atoms with van der Waals surface area (Å²) in [6, 6.07) is 8.07. The lowest BCUT2D eigenvalue weighted by Crippen LogP contribution is -2.45. The van der Waals surface area contributed by atoms with Crippen molar-refractivity contribution in [1.82, 2.24) is 20.1 Å². The molecule has 4 rings (SSSR count). The Kier molecular flexibility index (Phi) is 7.41. The van der Waals surface area contributed by atoms with E-state index in [2.05, 4.69) is 22.1 Å². The fraction of sp³-hybridized carbons (Fsp3) is 0.600. The summed E-state index contributed by atoms with van der Waals surface area (Å²) in [4.78, 5) is 33.2. The number of piperidine rings is 2. The van der Waals surface area contributed by atoms with Crippen LogP contribution in [0, 0.1) is 11.8 Å². The molecule has 174 valence electrons. The zero-order valence-electron chi connectivity index (χ0n) is 19.2. The molecule has 0 aliphatic carbocycles. The van der Waals surface area contributed by atoms with E-state index >= 15 is 0 Å². The molecule has 1 aromatic heterocycles. The highest BCUT2D eigenvalue weighted by Crippen LogP contribution is 2.27. The molecule has 0 saturated carbocycles. The van der Waals surface area contributed by atoms with Crippen LogP contribution in [0.3, 0.4) is 0 Å². The summed E-state index contributed by atoms with van der Waals surface area (Å²) in [5, 5.41) is 4.76. The number of carbonyl (C=O) groups is 2. The molecule has 1 aromatic carbocycles. The Balaban J connectivity index is 1.24. The first kappa shape index (κ1) is 23.1. The lowest BCUT2D eigenvalue weighted by molar-refractivity contribution is -0.126. The van der Waals surface area contributed by atoms with Crippen molar-refractivity contribution >= 4 is 34.3 Å². The van der Waals surface area contributed by atoms with Crippen LogP contribution in [0.25, 0.3) is 10.9 Å². The van der Waals surface area contributed by atoms with E-state index in [1.807, 2.05) is 36.1 Å². The van der Waals surface area contributed by atoms with Gasteiger partial charge in [-0.1, -0.05) is 24.9 Å². The Morgan fingerprint density at radius 1 is 1.16 bits per heavy atom. The molecule has 2 fully saturated rings. The molecule has 0 unspecified atom stereocenters. The average molecular weight is 459 g/mol. The lowest BCUT2D eigenvalue weighted by Gasteiger charge is -2.35. The van der Waals surface area contributed by atoms with Crippen LogP contribution < -0.4 is 5.32 Å². The predicted octanol–water partition coefficient (Wildman–Crippen LogP) is 4.30. The first-order valence-corrected chi connectivity index (χ1v) is 12.4. The van der Waals surface area contributed by atoms with Crippen molar-refractivity contribution in [3.05, 3.63) is 35.0 Å². The normalized spacial score (nSPS) is 21.6. The average Bonchev–Trinajstić information content (AvgIpc) is 3.22. The van der Waals surface area contributed by atoms with Crippen molar-refractivity contribution in [1.29, 1.82) is 0 Å². The van der Waals surface area contributed by atoms with E-state index in [0.717, 1.165) is 43.4 Å². The van der Waals surface area contributed by atoms with Gasteiger partial charge in [0.15, 0.2) is 0 Å². The molecule has 2 amide bonds. The standard InChI is InChI=1S/C25H35ClN4O2/c1-17-5-3-4-11-29(17)14-10-27-24(31)18(2)19-8-12-30(13-9-19)25(32)23-16-20-15-21(26)6-7-22(20)28-23/h6-7,15-19,28H,3-5,8-14H2,1-2H3,(H,27,31)/t17-,18+/m1/s1. The number of carbonyl (C=O) groups excluding carboxylic acids is 2. The first-order valence-electron chi connectivity index (χ1n) is 12.0.